The van der Waals surface area contributed by atoms with Crippen LogP contribution in [0.5, 0.6) is 0 Å². The molecule has 0 spiro atoms. The highest BCUT2D eigenvalue weighted by atomic mass is 16.5. The molecule has 0 fully saturated rings. The van der Waals surface area contributed by atoms with Gasteiger partial charge >= 0.3 is 5.97 Å². The van der Waals surface area contributed by atoms with Gasteiger partial charge in [0.25, 0.3) is 0 Å². The van der Waals surface area contributed by atoms with Gasteiger partial charge in [-0.3, -0.25) is 0 Å². The molecule has 116 valence electrons. The Balaban J connectivity index is 1.65. The molecular formula is C14H18N6O2. The van der Waals surface area contributed by atoms with E-state index in [1.54, 1.807) is 12.1 Å². The number of anilines is 1. The molecule has 0 radical (unpaired) electrons. The molecule has 0 saturated heterocycles. The maximum absolute atomic E-state index is 11.3. The summed E-state index contributed by atoms with van der Waals surface area (Å²) in [6.07, 6.45) is 2.69. The first-order valence-electron chi connectivity index (χ1n) is 7.30. The molecule has 2 aromatic heterocycles. The maximum atomic E-state index is 11.3. The number of rotatable bonds is 4. The Morgan fingerprint density at radius 2 is 2.32 bits per heavy atom. The number of fused-ring (bicyclic) bond motifs is 1. The van der Waals surface area contributed by atoms with Gasteiger partial charge in [0.15, 0.2) is 11.5 Å². The molecule has 8 heteroatoms. The third-order valence-corrected chi connectivity index (χ3v) is 3.63. The lowest BCUT2D eigenvalue weighted by Crippen LogP contribution is -2.32. The summed E-state index contributed by atoms with van der Waals surface area (Å²) in [6, 6.07) is 3.55. The number of hydrogen-bond acceptors (Lipinski definition) is 7. The number of hydrogen-bond donors (Lipinski definition) is 1. The Hall–Kier alpha value is -2.51. The first kappa shape index (κ1) is 14.4. The third-order valence-electron chi connectivity index (χ3n) is 3.63. The van der Waals surface area contributed by atoms with Crippen molar-refractivity contribution in [2.24, 2.45) is 0 Å². The zero-order valence-corrected chi connectivity index (χ0v) is 12.6. The zero-order chi connectivity index (χ0) is 15.5. The number of esters is 1. The van der Waals surface area contributed by atoms with Gasteiger partial charge in [0.2, 0.25) is 0 Å². The molecule has 0 saturated carbocycles. The Labute approximate surface area is 127 Å². The van der Waals surface area contributed by atoms with E-state index in [1.165, 1.54) is 7.11 Å². The van der Waals surface area contributed by atoms with E-state index in [-0.39, 0.29) is 11.7 Å². The molecular weight excluding hydrogens is 284 g/mol. The van der Waals surface area contributed by atoms with Crippen molar-refractivity contribution >= 4 is 11.8 Å². The maximum Gasteiger partial charge on any atom is 0.358 e. The van der Waals surface area contributed by atoms with Gasteiger partial charge in [0, 0.05) is 18.9 Å². The lowest BCUT2D eigenvalue weighted by molar-refractivity contribution is 0.0593. The molecule has 1 aliphatic rings. The standard InChI is InChI=1S/C14H18N6O2/c1-3-11-16-13-7-4-9(8-20(13)19-11)15-12-6-5-10(17-18-12)14(21)22-2/h5-6,9H,3-4,7-8H2,1-2H3,(H,15,18). The van der Waals surface area contributed by atoms with E-state index in [1.807, 2.05) is 4.68 Å². The van der Waals surface area contributed by atoms with Crippen molar-refractivity contribution in [3.8, 4) is 0 Å². The van der Waals surface area contributed by atoms with Gasteiger partial charge in [0.05, 0.1) is 13.7 Å². The van der Waals surface area contributed by atoms with Crippen molar-refractivity contribution in [2.45, 2.75) is 38.8 Å². The molecule has 1 unspecified atom stereocenters. The molecule has 8 nitrogen and oxygen atoms in total. The van der Waals surface area contributed by atoms with Crippen LogP contribution in [0.25, 0.3) is 0 Å². The highest BCUT2D eigenvalue weighted by molar-refractivity contribution is 5.86. The molecule has 0 amide bonds. The molecule has 1 atom stereocenters. The average Bonchev–Trinajstić information content (AvgIpc) is 2.97. The molecule has 0 aliphatic carbocycles. The smallest absolute Gasteiger partial charge is 0.358 e. The fraction of sp³-hybridized carbons (Fsp3) is 0.500. The van der Waals surface area contributed by atoms with Crippen LogP contribution in [-0.2, 0) is 24.1 Å². The largest absolute Gasteiger partial charge is 0.464 e. The minimum absolute atomic E-state index is 0.197. The van der Waals surface area contributed by atoms with Gasteiger partial charge in [-0.2, -0.15) is 5.10 Å². The molecule has 22 heavy (non-hydrogen) atoms. The van der Waals surface area contributed by atoms with Crippen molar-refractivity contribution in [1.82, 2.24) is 25.0 Å². The predicted octanol–water partition coefficient (Wildman–Crippen LogP) is 0.844. The summed E-state index contributed by atoms with van der Waals surface area (Å²) >= 11 is 0. The van der Waals surface area contributed by atoms with Gasteiger partial charge in [-0.25, -0.2) is 14.5 Å². The first-order chi connectivity index (χ1) is 10.7. The van der Waals surface area contributed by atoms with Crippen molar-refractivity contribution in [3.05, 3.63) is 29.5 Å². The molecule has 1 aliphatic heterocycles. The van der Waals surface area contributed by atoms with Crippen LogP contribution in [0.4, 0.5) is 5.82 Å². The van der Waals surface area contributed by atoms with Crippen LogP contribution in [0.2, 0.25) is 0 Å². The monoisotopic (exact) mass is 302 g/mol. The van der Waals surface area contributed by atoms with Crippen molar-refractivity contribution in [2.75, 3.05) is 12.4 Å². The molecule has 0 bridgehead atoms. The topological polar surface area (TPSA) is 94.8 Å². The van der Waals surface area contributed by atoms with E-state index < -0.39 is 5.97 Å². The highest BCUT2D eigenvalue weighted by Crippen LogP contribution is 2.16. The van der Waals surface area contributed by atoms with Crippen LogP contribution in [0.15, 0.2) is 12.1 Å². The average molecular weight is 302 g/mol. The summed E-state index contributed by atoms with van der Waals surface area (Å²) in [5.41, 5.74) is 0.197. The van der Waals surface area contributed by atoms with Crippen molar-refractivity contribution in [3.63, 3.8) is 0 Å². The Morgan fingerprint density at radius 3 is 3.00 bits per heavy atom. The van der Waals surface area contributed by atoms with Crippen LogP contribution in [0.3, 0.4) is 0 Å². The number of carbonyl (C=O) groups excluding carboxylic acids is 1. The van der Waals surface area contributed by atoms with Crippen molar-refractivity contribution in [1.29, 1.82) is 0 Å². The summed E-state index contributed by atoms with van der Waals surface area (Å²) < 4.78 is 6.55. The van der Waals surface area contributed by atoms with Crippen LogP contribution in [0.1, 0.15) is 35.5 Å². The van der Waals surface area contributed by atoms with Gasteiger partial charge < -0.3 is 10.1 Å². The molecule has 3 rings (SSSR count). The van der Waals surface area contributed by atoms with Crippen LogP contribution >= 0.6 is 0 Å². The van der Waals surface area contributed by atoms with E-state index >= 15 is 0 Å². The fourth-order valence-electron chi connectivity index (χ4n) is 2.46. The van der Waals surface area contributed by atoms with Gasteiger partial charge in [0.1, 0.15) is 11.6 Å². The minimum Gasteiger partial charge on any atom is -0.464 e. The van der Waals surface area contributed by atoms with Crippen LogP contribution in [-0.4, -0.2) is 44.1 Å². The van der Waals surface area contributed by atoms with Gasteiger partial charge in [-0.15, -0.1) is 10.2 Å². The second-order valence-corrected chi connectivity index (χ2v) is 5.16. The van der Waals surface area contributed by atoms with E-state index in [2.05, 4.69) is 37.3 Å². The highest BCUT2D eigenvalue weighted by Gasteiger charge is 2.21. The second kappa shape index (κ2) is 6.08. The summed E-state index contributed by atoms with van der Waals surface area (Å²) in [4.78, 5) is 15.8. The van der Waals surface area contributed by atoms with Crippen molar-refractivity contribution < 1.29 is 9.53 Å². The van der Waals surface area contributed by atoms with Gasteiger partial charge in [-0.1, -0.05) is 6.92 Å². The minimum atomic E-state index is -0.490. The lowest BCUT2D eigenvalue weighted by atomic mass is 10.1. The number of methoxy groups -OCH3 is 1. The lowest BCUT2D eigenvalue weighted by Gasteiger charge is -2.23. The molecule has 3 heterocycles. The summed E-state index contributed by atoms with van der Waals surface area (Å²) in [7, 11) is 1.32. The normalized spacial score (nSPS) is 16.9. The zero-order valence-electron chi connectivity index (χ0n) is 12.6. The first-order valence-corrected chi connectivity index (χ1v) is 7.30. The van der Waals surface area contributed by atoms with E-state index in [0.29, 0.717) is 5.82 Å². The quantitative estimate of drug-likeness (QED) is 0.836. The van der Waals surface area contributed by atoms with Crippen LogP contribution in [0, 0.1) is 0 Å². The predicted molar refractivity (Wildman–Crippen MR) is 78.5 cm³/mol. The third kappa shape index (κ3) is 2.90. The summed E-state index contributed by atoms with van der Waals surface area (Å²) in [6.45, 7) is 2.80. The number of aryl methyl sites for hydroxylation is 2. The molecule has 2 aromatic rings. The number of ether oxygens (including phenoxy) is 1. The number of carbonyl (C=O) groups is 1. The second-order valence-electron chi connectivity index (χ2n) is 5.16. The van der Waals surface area contributed by atoms with Gasteiger partial charge in [-0.05, 0) is 18.6 Å². The van der Waals surface area contributed by atoms with Crippen LogP contribution < -0.4 is 5.32 Å². The SMILES string of the molecule is CCc1nc2n(n1)CC(Nc1ccc(C(=O)OC)nn1)CC2. The van der Waals surface area contributed by atoms with E-state index in [0.717, 1.165) is 37.5 Å². The Kier molecular flexibility index (Phi) is 3.99. The number of aromatic nitrogens is 5. The molecule has 1 N–H and O–H groups in total. The summed E-state index contributed by atoms with van der Waals surface area (Å²) in [5, 5.41) is 15.7. The Morgan fingerprint density at radius 1 is 1.45 bits per heavy atom. The Bertz CT molecular complexity index is 666. The summed E-state index contributed by atoms with van der Waals surface area (Å²) in [5.74, 6) is 2.08. The molecule has 0 aromatic carbocycles. The number of nitrogens with one attached hydrogen (secondary N) is 1. The number of nitrogens with zero attached hydrogens (tertiary/aromatic N) is 5. The van der Waals surface area contributed by atoms with E-state index in [4.69, 9.17) is 0 Å². The fourth-order valence-corrected chi connectivity index (χ4v) is 2.46. The van der Waals surface area contributed by atoms with E-state index in [9.17, 15) is 4.79 Å².